The molecule has 0 radical (unpaired) electrons. The fourth-order valence-electron chi connectivity index (χ4n) is 2.98. The molecule has 1 fully saturated rings. The van der Waals surface area contributed by atoms with E-state index in [4.69, 9.17) is 5.73 Å². The van der Waals surface area contributed by atoms with Gasteiger partial charge in [-0.1, -0.05) is 6.42 Å². The Hall–Kier alpha value is -1.55. The predicted octanol–water partition coefficient (Wildman–Crippen LogP) is 3.15. The number of nitrogens with two attached hydrogens (primary N) is 1. The van der Waals surface area contributed by atoms with Gasteiger partial charge in [0.25, 0.3) is 0 Å². The van der Waals surface area contributed by atoms with Gasteiger partial charge < -0.3 is 16.0 Å². The summed E-state index contributed by atoms with van der Waals surface area (Å²) in [6.07, 6.45) is 5.14. The lowest BCUT2D eigenvalue weighted by Crippen LogP contribution is -2.38. The lowest BCUT2D eigenvalue weighted by molar-refractivity contribution is 0.101. The van der Waals surface area contributed by atoms with Gasteiger partial charge in [0, 0.05) is 36.1 Å². The van der Waals surface area contributed by atoms with Gasteiger partial charge in [0.2, 0.25) is 0 Å². The monoisotopic (exact) mass is 289 g/mol. The molecule has 1 aromatic carbocycles. The van der Waals surface area contributed by atoms with Crippen LogP contribution in [0.25, 0.3) is 0 Å². The van der Waals surface area contributed by atoms with E-state index in [0.29, 0.717) is 11.3 Å². The molecule has 1 aliphatic heterocycles. The van der Waals surface area contributed by atoms with Crippen LogP contribution in [0.1, 0.15) is 49.9 Å². The summed E-state index contributed by atoms with van der Waals surface area (Å²) < 4.78 is 0. The normalized spacial score (nSPS) is 19.4. The van der Waals surface area contributed by atoms with Crippen LogP contribution >= 0.6 is 0 Å². The topological polar surface area (TPSA) is 58.4 Å². The Kier molecular flexibility index (Phi) is 5.62. The van der Waals surface area contributed by atoms with Crippen molar-refractivity contribution in [1.82, 2.24) is 4.90 Å². The zero-order valence-corrected chi connectivity index (χ0v) is 13.2. The van der Waals surface area contributed by atoms with Crippen molar-refractivity contribution in [3.8, 4) is 0 Å². The second-order valence-corrected chi connectivity index (χ2v) is 6.02. The van der Waals surface area contributed by atoms with Gasteiger partial charge in [-0.05, 0) is 57.9 Å². The van der Waals surface area contributed by atoms with E-state index in [1.165, 1.54) is 25.8 Å². The number of piperidine rings is 1. The Balaban J connectivity index is 1.78. The van der Waals surface area contributed by atoms with Crippen molar-refractivity contribution in [3.05, 3.63) is 23.8 Å². The van der Waals surface area contributed by atoms with Crippen LogP contribution in [-0.2, 0) is 0 Å². The minimum absolute atomic E-state index is 0.0123. The van der Waals surface area contributed by atoms with E-state index in [0.717, 1.165) is 31.2 Å². The van der Waals surface area contributed by atoms with E-state index in [1.54, 1.807) is 13.0 Å². The van der Waals surface area contributed by atoms with Crippen molar-refractivity contribution in [2.45, 2.75) is 45.6 Å². The molecule has 1 heterocycles. The second-order valence-electron chi connectivity index (χ2n) is 6.02. The lowest BCUT2D eigenvalue weighted by atomic mass is 10.0. The SMILES string of the molecule is CC(=O)c1cc(NCCCN2CCCCC2C)ccc1N. The van der Waals surface area contributed by atoms with Crippen LogP contribution in [-0.4, -0.2) is 36.4 Å². The van der Waals surface area contributed by atoms with Crippen LogP contribution in [0.5, 0.6) is 0 Å². The van der Waals surface area contributed by atoms with E-state index in [-0.39, 0.29) is 5.78 Å². The van der Waals surface area contributed by atoms with E-state index in [2.05, 4.69) is 17.1 Å². The quantitative estimate of drug-likeness (QED) is 0.480. The van der Waals surface area contributed by atoms with Gasteiger partial charge in [0.05, 0.1) is 0 Å². The number of anilines is 2. The Labute approximate surface area is 127 Å². The Morgan fingerprint density at radius 3 is 2.95 bits per heavy atom. The molecular formula is C17H27N3O. The summed E-state index contributed by atoms with van der Waals surface area (Å²) in [6, 6.07) is 6.30. The summed E-state index contributed by atoms with van der Waals surface area (Å²) in [4.78, 5) is 14.1. The van der Waals surface area contributed by atoms with E-state index in [9.17, 15) is 4.79 Å². The highest BCUT2D eigenvalue weighted by Gasteiger charge is 2.17. The van der Waals surface area contributed by atoms with Crippen LogP contribution in [0.15, 0.2) is 18.2 Å². The standard InChI is InChI=1S/C17H27N3O/c1-13-6-3-4-10-20(13)11-5-9-19-15-7-8-17(18)16(12-15)14(2)21/h7-8,12-13,19H,3-6,9-11,18H2,1-2H3. The lowest BCUT2D eigenvalue weighted by Gasteiger charge is -2.33. The number of likely N-dealkylation sites (tertiary alicyclic amines) is 1. The zero-order valence-electron chi connectivity index (χ0n) is 13.2. The highest BCUT2D eigenvalue weighted by molar-refractivity contribution is 5.99. The predicted molar refractivity (Wildman–Crippen MR) is 88.9 cm³/mol. The molecule has 0 aliphatic carbocycles. The first-order valence-electron chi connectivity index (χ1n) is 7.96. The highest BCUT2D eigenvalue weighted by atomic mass is 16.1. The van der Waals surface area contributed by atoms with Gasteiger partial charge >= 0.3 is 0 Å². The molecule has 0 saturated carbocycles. The number of nitrogen functional groups attached to an aromatic ring is 1. The van der Waals surface area contributed by atoms with Gasteiger partial charge in [-0.2, -0.15) is 0 Å². The number of nitrogens with one attached hydrogen (secondary N) is 1. The van der Waals surface area contributed by atoms with E-state index in [1.807, 2.05) is 12.1 Å². The van der Waals surface area contributed by atoms with Crippen molar-refractivity contribution in [2.75, 3.05) is 30.7 Å². The molecule has 1 aromatic rings. The molecule has 2 rings (SSSR count). The summed E-state index contributed by atoms with van der Waals surface area (Å²) in [6.45, 7) is 7.17. The molecule has 0 aromatic heterocycles. The van der Waals surface area contributed by atoms with Crippen molar-refractivity contribution in [3.63, 3.8) is 0 Å². The summed E-state index contributed by atoms with van der Waals surface area (Å²) >= 11 is 0. The molecule has 0 amide bonds. The fraction of sp³-hybridized carbons (Fsp3) is 0.588. The fourth-order valence-corrected chi connectivity index (χ4v) is 2.98. The van der Waals surface area contributed by atoms with Crippen LogP contribution in [0.3, 0.4) is 0 Å². The third-order valence-electron chi connectivity index (χ3n) is 4.32. The Bertz CT molecular complexity index is 487. The first kappa shape index (κ1) is 15.8. The summed E-state index contributed by atoms with van der Waals surface area (Å²) in [5.41, 5.74) is 7.93. The minimum Gasteiger partial charge on any atom is -0.398 e. The first-order valence-corrected chi connectivity index (χ1v) is 7.96. The van der Waals surface area contributed by atoms with Gasteiger partial charge in [0.1, 0.15) is 0 Å². The molecule has 3 N–H and O–H groups in total. The summed E-state index contributed by atoms with van der Waals surface area (Å²) in [5.74, 6) is 0.0123. The Morgan fingerprint density at radius 2 is 2.24 bits per heavy atom. The molecule has 1 saturated heterocycles. The summed E-state index contributed by atoms with van der Waals surface area (Å²) in [5, 5.41) is 3.39. The van der Waals surface area contributed by atoms with Crippen LogP contribution in [0, 0.1) is 0 Å². The van der Waals surface area contributed by atoms with Gasteiger partial charge in [-0.25, -0.2) is 0 Å². The largest absolute Gasteiger partial charge is 0.398 e. The van der Waals surface area contributed by atoms with Crippen LogP contribution in [0.2, 0.25) is 0 Å². The maximum atomic E-state index is 11.5. The maximum absolute atomic E-state index is 11.5. The average molecular weight is 289 g/mol. The molecule has 0 spiro atoms. The van der Waals surface area contributed by atoms with Crippen LogP contribution in [0.4, 0.5) is 11.4 Å². The number of hydrogen-bond donors (Lipinski definition) is 2. The highest BCUT2D eigenvalue weighted by Crippen LogP contribution is 2.19. The Morgan fingerprint density at radius 1 is 1.43 bits per heavy atom. The molecule has 1 unspecified atom stereocenters. The molecule has 4 heteroatoms. The molecule has 1 aliphatic rings. The van der Waals surface area contributed by atoms with Crippen molar-refractivity contribution in [2.24, 2.45) is 0 Å². The molecule has 1 atom stereocenters. The third kappa shape index (κ3) is 4.46. The molecule has 0 bridgehead atoms. The third-order valence-corrected chi connectivity index (χ3v) is 4.32. The smallest absolute Gasteiger partial charge is 0.161 e. The minimum atomic E-state index is 0.0123. The molecular weight excluding hydrogens is 262 g/mol. The van der Waals surface area contributed by atoms with E-state index >= 15 is 0 Å². The van der Waals surface area contributed by atoms with Gasteiger partial charge in [0.15, 0.2) is 5.78 Å². The van der Waals surface area contributed by atoms with Crippen LogP contribution < -0.4 is 11.1 Å². The second kappa shape index (κ2) is 7.46. The maximum Gasteiger partial charge on any atom is 0.161 e. The number of nitrogens with zero attached hydrogens (tertiary/aromatic N) is 1. The molecule has 4 nitrogen and oxygen atoms in total. The first-order chi connectivity index (χ1) is 10.1. The molecule has 21 heavy (non-hydrogen) atoms. The van der Waals surface area contributed by atoms with Gasteiger partial charge in [-0.15, -0.1) is 0 Å². The number of ketones is 1. The van der Waals surface area contributed by atoms with Gasteiger partial charge in [-0.3, -0.25) is 4.79 Å². The number of Topliss-reactive ketones (excluding diaryl/α,β-unsaturated/α-hetero) is 1. The summed E-state index contributed by atoms with van der Waals surface area (Å²) in [7, 11) is 0. The molecule has 116 valence electrons. The zero-order chi connectivity index (χ0) is 15.2. The average Bonchev–Trinajstić information content (AvgIpc) is 2.46. The number of rotatable bonds is 6. The van der Waals surface area contributed by atoms with Crippen molar-refractivity contribution in [1.29, 1.82) is 0 Å². The number of carbonyl (C=O) groups excluding carboxylic acids is 1. The van der Waals surface area contributed by atoms with E-state index < -0.39 is 0 Å². The number of carbonyl (C=O) groups is 1. The van der Waals surface area contributed by atoms with Crippen molar-refractivity contribution < 1.29 is 4.79 Å². The van der Waals surface area contributed by atoms with Crippen molar-refractivity contribution >= 4 is 17.2 Å². The number of benzene rings is 1. The number of hydrogen-bond acceptors (Lipinski definition) is 4.